The zero-order valence-corrected chi connectivity index (χ0v) is 5.98. The molecule has 0 rings (SSSR count). The van der Waals surface area contributed by atoms with Gasteiger partial charge in [0.2, 0.25) is 0 Å². The number of hydrogen-bond donors (Lipinski definition) is 0. The monoisotopic (exact) mass is 304 g/mol. The van der Waals surface area contributed by atoms with Crippen LogP contribution in [0.2, 0.25) is 0 Å². The summed E-state index contributed by atoms with van der Waals surface area (Å²) < 4.78 is 16.2. The second kappa shape index (κ2) is 35.9. The third-order valence-electron chi connectivity index (χ3n) is 0. The van der Waals surface area contributed by atoms with Gasteiger partial charge in [-0.3, -0.25) is 0 Å². The Morgan fingerprint density at radius 3 is 1.25 bits per heavy atom. The van der Waals surface area contributed by atoms with E-state index >= 15 is 0 Å². The Hall–Kier alpha value is 1.00. The van der Waals surface area contributed by atoms with Crippen molar-refractivity contribution in [1.29, 1.82) is 0 Å². The summed E-state index contributed by atoms with van der Waals surface area (Å²) in [6, 6.07) is 0. The van der Waals surface area contributed by atoms with Crippen LogP contribution in [0, 0.1) is 0 Å². The van der Waals surface area contributed by atoms with Crippen molar-refractivity contribution in [1.82, 2.24) is 0 Å². The summed E-state index contributed by atoms with van der Waals surface area (Å²) in [5.41, 5.74) is 0. The van der Waals surface area contributed by atoms with Crippen molar-refractivity contribution in [2.75, 3.05) is 0 Å². The molecule has 28 valence electrons. The fraction of sp³-hybridized carbons (Fsp3) is 0. The Morgan fingerprint density at radius 2 is 1.25 bits per heavy atom. The molecule has 0 unspecified atom stereocenters. The molecule has 4 heavy (non-hydrogen) atoms. The van der Waals surface area contributed by atoms with Crippen molar-refractivity contribution in [2.45, 2.75) is 0 Å². The molecule has 0 spiro atoms. The molecule has 0 N–H and O–H groups in total. The summed E-state index contributed by atoms with van der Waals surface area (Å²) in [6.45, 7) is 0. The second-order valence-electron chi connectivity index (χ2n) is 0. The molecular formula is BiCuO2. The van der Waals surface area contributed by atoms with Crippen LogP contribution >= 0.6 is 0 Å². The molecule has 0 saturated heterocycles. The van der Waals surface area contributed by atoms with E-state index in [-0.39, 0.29) is 24.7 Å². The average molecular weight is 305 g/mol. The molecule has 0 fully saturated rings. The summed E-state index contributed by atoms with van der Waals surface area (Å²) in [5, 5.41) is 0. The van der Waals surface area contributed by atoms with Crippen molar-refractivity contribution in [2.24, 2.45) is 0 Å². The Balaban J connectivity index is 0. The fourth-order valence-electron chi connectivity index (χ4n) is 0. The van der Waals surface area contributed by atoms with E-state index in [1.165, 1.54) is 0 Å². The number of hydrogen-bond acceptors (Lipinski definition) is 2. The molecule has 1 radical (unpaired) electrons. The van der Waals surface area contributed by atoms with E-state index < -0.39 is 0 Å². The van der Waals surface area contributed by atoms with Crippen molar-refractivity contribution in [3.8, 4) is 0 Å². The summed E-state index contributed by atoms with van der Waals surface area (Å²) in [6.07, 6.45) is 0. The zero-order chi connectivity index (χ0) is 4.00. The molecule has 0 aromatic carbocycles. The molecule has 0 aromatic heterocycles. The Morgan fingerprint density at radius 1 is 1.25 bits per heavy atom. The molecule has 0 heterocycles. The van der Waals surface area contributed by atoms with Crippen LogP contribution in [0.5, 0.6) is 0 Å². The molecule has 0 aliphatic rings. The molecule has 2 nitrogen and oxygen atoms in total. The van der Waals surface area contributed by atoms with Gasteiger partial charge in [-0.05, 0) is 0 Å². The van der Waals surface area contributed by atoms with Gasteiger partial charge in [-0.1, -0.05) is 0 Å². The van der Waals surface area contributed by atoms with E-state index in [1.54, 1.807) is 0 Å². The van der Waals surface area contributed by atoms with E-state index in [0.29, 0.717) is 0 Å². The van der Waals surface area contributed by atoms with E-state index in [1.807, 2.05) is 0 Å². The molecule has 0 atom stereocenters. The first-order valence-electron chi connectivity index (χ1n) is 0.306. The third-order valence-corrected chi connectivity index (χ3v) is 0. The van der Waals surface area contributed by atoms with Crippen molar-refractivity contribution < 1.29 is 22.6 Å². The molecule has 0 amide bonds. The van der Waals surface area contributed by atoms with Crippen LogP contribution in [0.1, 0.15) is 0 Å². The van der Waals surface area contributed by atoms with Gasteiger partial charge in [0.1, 0.15) is 0 Å². The van der Waals surface area contributed by atoms with Gasteiger partial charge in [0.25, 0.3) is 0 Å². The Labute approximate surface area is 47.3 Å². The van der Waals surface area contributed by atoms with Crippen LogP contribution in [0.4, 0.5) is 0 Å². The zero-order valence-electron chi connectivity index (χ0n) is 1.57. The van der Waals surface area contributed by atoms with Crippen LogP contribution in [0.25, 0.3) is 0 Å². The summed E-state index contributed by atoms with van der Waals surface area (Å²) in [7, 11) is 0. The maximum absolute atomic E-state index is 8.36. The van der Waals surface area contributed by atoms with Crippen molar-refractivity contribution in [3.63, 3.8) is 0 Å². The minimum atomic E-state index is 0.194. The van der Waals surface area contributed by atoms with Gasteiger partial charge in [0.05, 0.1) is 0 Å². The standard InChI is InChI=1S/Bi.Cu.2O. The minimum absolute atomic E-state index is 0.194. The van der Waals surface area contributed by atoms with Gasteiger partial charge in [-0.2, -0.15) is 0 Å². The molecule has 0 aliphatic heterocycles. The summed E-state index contributed by atoms with van der Waals surface area (Å²) >= 11 is 3.13. The average Bonchev–Trinajstić information content (AvgIpc) is 1.50. The number of rotatable bonds is 0. The quantitative estimate of drug-likeness (QED) is 0.559. The fourth-order valence-corrected chi connectivity index (χ4v) is 0. The van der Waals surface area contributed by atoms with Crippen molar-refractivity contribution >= 4 is 24.7 Å². The van der Waals surface area contributed by atoms with E-state index in [0.717, 1.165) is 0 Å². The van der Waals surface area contributed by atoms with Crippen LogP contribution in [0.15, 0.2) is 0 Å². The van der Waals surface area contributed by atoms with Gasteiger partial charge in [0, 0.05) is 0 Å². The van der Waals surface area contributed by atoms with Gasteiger partial charge < -0.3 is 0 Å². The topological polar surface area (TPSA) is 34.1 Å². The van der Waals surface area contributed by atoms with Gasteiger partial charge >= 0.3 is 47.3 Å². The Bertz CT molecular complexity index is 8.00. The molecular weight excluding hydrogens is 305 g/mol. The van der Waals surface area contributed by atoms with Crippen molar-refractivity contribution in [3.05, 3.63) is 0 Å². The first-order chi connectivity index (χ1) is 2.00. The van der Waals surface area contributed by atoms with Crippen LogP contribution in [-0.4, -0.2) is 24.7 Å². The molecule has 0 saturated carbocycles. The first-order valence-corrected chi connectivity index (χ1v) is 2.11. The van der Waals surface area contributed by atoms with E-state index in [4.69, 9.17) is 6.65 Å². The molecule has 0 aromatic rings. The van der Waals surface area contributed by atoms with Gasteiger partial charge in [-0.25, -0.2) is 0 Å². The van der Waals surface area contributed by atoms with E-state index in [2.05, 4.69) is 15.9 Å². The van der Waals surface area contributed by atoms with Gasteiger partial charge in [0.15, 0.2) is 0 Å². The summed E-state index contributed by atoms with van der Waals surface area (Å²) in [5.74, 6) is 0. The maximum atomic E-state index is 8.36. The van der Waals surface area contributed by atoms with Crippen LogP contribution in [-0.2, 0) is 22.6 Å². The normalized spacial score (nSPS) is 2.50. The van der Waals surface area contributed by atoms with Crippen LogP contribution in [0.3, 0.4) is 0 Å². The van der Waals surface area contributed by atoms with Gasteiger partial charge in [-0.15, -0.1) is 0 Å². The first kappa shape index (κ1) is 8.89. The predicted octanol–water partition coefficient (Wildman–Crippen LogP) is -0.621. The third kappa shape index (κ3) is 12.0. The molecule has 4 heteroatoms. The second-order valence-corrected chi connectivity index (χ2v) is 0. The Kier molecular flexibility index (Phi) is 79.8. The molecule has 0 bridgehead atoms. The van der Waals surface area contributed by atoms with E-state index in [9.17, 15) is 0 Å². The summed E-state index contributed by atoms with van der Waals surface area (Å²) in [4.78, 5) is 0. The molecule has 0 aliphatic carbocycles. The SMILES string of the molecule is [O]=[Bi].[O]=[Cu]. The van der Waals surface area contributed by atoms with Crippen LogP contribution < -0.4 is 0 Å². The predicted molar refractivity (Wildman–Crippen MR) is 7.13 cm³/mol.